The summed E-state index contributed by atoms with van der Waals surface area (Å²) in [5.41, 5.74) is 3.01. The van der Waals surface area contributed by atoms with Gasteiger partial charge in [0.2, 0.25) is 0 Å². The maximum atomic E-state index is 6.26. The fourth-order valence-electron chi connectivity index (χ4n) is 5.79. The van der Waals surface area contributed by atoms with E-state index in [2.05, 4.69) is 32.1 Å². The number of methoxy groups -OCH3 is 1. The number of anilines is 1. The summed E-state index contributed by atoms with van der Waals surface area (Å²) >= 11 is 6.26. The minimum absolute atomic E-state index is 0.515. The molecule has 5 nitrogen and oxygen atoms in total. The number of nitrogens with zero attached hydrogens (tertiary/aromatic N) is 4. The van der Waals surface area contributed by atoms with Crippen molar-refractivity contribution in [2.45, 2.75) is 44.1 Å². The number of piperidine rings is 1. The van der Waals surface area contributed by atoms with Crippen LogP contribution < -0.4 is 9.64 Å². The highest BCUT2D eigenvalue weighted by molar-refractivity contribution is 6.30. The molecule has 6 heteroatoms. The Kier molecular flexibility index (Phi) is 5.12. The molecule has 0 radical (unpaired) electrons. The number of benzene rings is 1. The van der Waals surface area contributed by atoms with Crippen molar-refractivity contribution >= 4 is 17.3 Å². The van der Waals surface area contributed by atoms with Crippen molar-refractivity contribution in [2.75, 3.05) is 38.2 Å². The minimum Gasteiger partial charge on any atom is -0.496 e. The van der Waals surface area contributed by atoms with E-state index < -0.39 is 0 Å². The summed E-state index contributed by atoms with van der Waals surface area (Å²) < 4.78 is 5.59. The van der Waals surface area contributed by atoms with Crippen LogP contribution in [-0.2, 0) is 0 Å². The van der Waals surface area contributed by atoms with E-state index in [9.17, 15) is 0 Å². The van der Waals surface area contributed by atoms with Crippen LogP contribution in [0.15, 0.2) is 36.7 Å². The van der Waals surface area contributed by atoms with Gasteiger partial charge in [0, 0.05) is 29.6 Å². The van der Waals surface area contributed by atoms with Gasteiger partial charge in [-0.05, 0) is 80.9 Å². The van der Waals surface area contributed by atoms with E-state index >= 15 is 0 Å². The molecule has 1 aromatic carbocycles. The van der Waals surface area contributed by atoms with Gasteiger partial charge in [-0.15, -0.1) is 0 Å². The first-order chi connectivity index (χ1) is 14.2. The van der Waals surface area contributed by atoms with Gasteiger partial charge in [0.05, 0.1) is 25.2 Å². The first-order valence-electron chi connectivity index (χ1n) is 10.7. The average molecular weight is 413 g/mol. The molecule has 2 aromatic rings. The Labute approximate surface area is 178 Å². The van der Waals surface area contributed by atoms with Crippen LogP contribution in [-0.4, -0.2) is 54.4 Å². The summed E-state index contributed by atoms with van der Waals surface area (Å²) in [7, 11) is 1.75. The molecule has 3 fully saturated rings. The molecular weight excluding hydrogens is 384 g/mol. The Balaban J connectivity index is 1.16. The highest BCUT2D eigenvalue weighted by Gasteiger charge is 2.49. The lowest BCUT2D eigenvalue weighted by molar-refractivity contribution is 0.131. The van der Waals surface area contributed by atoms with Crippen LogP contribution in [0.3, 0.4) is 0 Å². The predicted octanol–water partition coefficient (Wildman–Crippen LogP) is 4.38. The van der Waals surface area contributed by atoms with Gasteiger partial charge in [0.25, 0.3) is 0 Å². The first kappa shape index (κ1) is 19.1. The normalized spacial score (nSPS) is 24.6. The molecule has 2 saturated heterocycles. The Bertz CT molecular complexity index is 847. The van der Waals surface area contributed by atoms with Crippen LogP contribution in [0.4, 0.5) is 5.69 Å². The van der Waals surface area contributed by atoms with Gasteiger partial charge >= 0.3 is 0 Å². The van der Waals surface area contributed by atoms with Gasteiger partial charge in [0.15, 0.2) is 0 Å². The zero-order valence-electron chi connectivity index (χ0n) is 17.1. The number of hydrogen-bond acceptors (Lipinski definition) is 5. The topological polar surface area (TPSA) is 41.5 Å². The SMILES string of the molecule is COc1ccc(Cl)cc1C1CCN(C2CCC3(C2)CN(c2ccnnc2)C3)CC1. The first-order valence-corrected chi connectivity index (χ1v) is 11.1. The minimum atomic E-state index is 0.515. The predicted molar refractivity (Wildman–Crippen MR) is 116 cm³/mol. The Morgan fingerprint density at radius 1 is 1.10 bits per heavy atom. The van der Waals surface area contributed by atoms with Crippen LogP contribution in [0.2, 0.25) is 5.02 Å². The highest BCUT2D eigenvalue weighted by Crippen LogP contribution is 2.49. The number of aromatic nitrogens is 2. The van der Waals surface area contributed by atoms with Crippen molar-refractivity contribution in [3.63, 3.8) is 0 Å². The second kappa shape index (κ2) is 7.77. The van der Waals surface area contributed by atoms with Crippen molar-refractivity contribution in [3.05, 3.63) is 47.2 Å². The molecule has 0 N–H and O–H groups in total. The van der Waals surface area contributed by atoms with Gasteiger partial charge in [-0.3, -0.25) is 0 Å². The van der Waals surface area contributed by atoms with Gasteiger partial charge in [-0.2, -0.15) is 10.2 Å². The van der Waals surface area contributed by atoms with E-state index in [0.717, 1.165) is 16.8 Å². The number of hydrogen-bond donors (Lipinski definition) is 0. The van der Waals surface area contributed by atoms with Crippen molar-refractivity contribution in [1.29, 1.82) is 0 Å². The summed E-state index contributed by atoms with van der Waals surface area (Å²) in [6, 6.07) is 8.84. The number of likely N-dealkylation sites (tertiary alicyclic amines) is 1. The second-order valence-electron chi connectivity index (χ2n) is 9.05. The summed E-state index contributed by atoms with van der Waals surface area (Å²) in [5, 5.41) is 8.72. The third-order valence-electron chi connectivity index (χ3n) is 7.34. The smallest absolute Gasteiger partial charge is 0.122 e. The summed E-state index contributed by atoms with van der Waals surface area (Å²) in [6.07, 6.45) is 10.1. The van der Waals surface area contributed by atoms with Crippen molar-refractivity contribution < 1.29 is 4.74 Å². The van der Waals surface area contributed by atoms with Crippen molar-refractivity contribution in [3.8, 4) is 5.75 Å². The zero-order chi connectivity index (χ0) is 19.8. The Morgan fingerprint density at radius 2 is 1.93 bits per heavy atom. The number of rotatable bonds is 4. The summed E-state index contributed by atoms with van der Waals surface area (Å²) in [6.45, 7) is 4.70. The molecule has 2 aliphatic heterocycles. The molecule has 3 heterocycles. The van der Waals surface area contributed by atoms with Gasteiger partial charge in [-0.25, -0.2) is 0 Å². The van der Waals surface area contributed by atoms with E-state index in [0.29, 0.717) is 11.3 Å². The van der Waals surface area contributed by atoms with Crippen LogP contribution in [0, 0.1) is 5.41 Å². The molecule has 1 spiro atoms. The maximum Gasteiger partial charge on any atom is 0.122 e. The largest absolute Gasteiger partial charge is 0.496 e. The molecule has 1 aliphatic carbocycles. The molecule has 0 amide bonds. The van der Waals surface area contributed by atoms with Gasteiger partial charge in [0.1, 0.15) is 5.75 Å². The lowest BCUT2D eigenvalue weighted by atomic mass is 9.77. The third-order valence-corrected chi connectivity index (χ3v) is 7.58. The quantitative estimate of drug-likeness (QED) is 0.745. The zero-order valence-corrected chi connectivity index (χ0v) is 17.8. The van der Waals surface area contributed by atoms with Crippen LogP contribution in [0.25, 0.3) is 0 Å². The Morgan fingerprint density at radius 3 is 2.66 bits per heavy atom. The standard InChI is InChI=1S/C23H29ClN4O/c1-29-22-3-2-18(24)12-21(22)17-6-10-27(11-7-17)19-4-8-23(13-19)15-28(16-23)20-5-9-25-26-14-20/h2-3,5,9,12,14,17,19H,4,6-8,10-11,13,15-16H2,1H3. The second-order valence-corrected chi connectivity index (χ2v) is 9.49. The summed E-state index contributed by atoms with van der Waals surface area (Å²) in [5.74, 6) is 1.53. The summed E-state index contributed by atoms with van der Waals surface area (Å²) in [4.78, 5) is 5.20. The maximum absolute atomic E-state index is 6.26. The van der Waals surface area contributed by atoms with E-state index in [1.54, 1.807) is 13.3 Å². The number of ether oxygens (including phenoxy) is 1. The van der Waals surface area contributed by atoms with Crippen molar-refractivity contribution in [2.24, 2.45) is 5.41 Å². The van der Waals surface area contributed by atoms with Crippen LogP contribution in [0.1, 0.15) is 43.6 Å². The molecule has 29 heavy (non-hydrogen) atoms. The monoisotopic (exact) mass is 412 g/mol. The van der Waals surface area contributed by atoms with Crippen LogP contribution >= 0.6 is 11.6 Å². The molecule has 0 bridgehead atoms. The lowest BCUT2D eigenvalue weighted by Gasteiger charge is -2.50. The molecule has 5 rings (SSSR count). The molecule has 1 atom stereocenters. The van der Waals surface area contributed by atoms with Gasteiger partial charge in [-0.1, -0.05) is 11.6 Å². The van der Waals surface area contributed by atoms with E-state index in [4.69, 9.17) is 16.3 Å². The van der Waals surface area contributed by atoms with E-state index in [1.165, 1.54) is 69.5 Å². The molecule has 3 aliphatic rings. The molecule has 1 unspecified atom stereocenters. The molecule has 1 aromatic heterocycles. The fraction of sp³-hybridized carbons (Fsp3) is 0.565. The Hall–Kier alpha value is -1.85. The molecular formula is C23H29ClN4O. The third kappa shape index (κ3) is 3.71. The number of halogens is 1. The van der Waals surface area contributed by atoms with Crippen molar-refractivity contribution in [1.82, 2.24) is 15.1 Å². The average Bonchev–Trinajstić information content (AvgIpc) is 3.19. The fourth-order valence-corrected chi connectivity index (χ4v) is 5.97. The highest BCUT2D eigenvalue weighted by atomic mass is 35.5. The molecule has 154 valence electrons. The lowest BCUT2D eigenvalue weighted by Crippen LogP contribution is -2.56. The molecule has 1 saturated carbocycles. The van der Waals surface area contributed by atoms with E-state index in [-0.39, 0.29) is 0 Å². The van der Waals surface area contributed by atoms with E-state index in [1.807, 2.05) is 18.3 Å². The van der Waals surface area contributed by atoms with Gasteiger partial charge < -0.3 is 14.5 Å². The van der Waals surface area contributed by atoms with Crippen LogP contribution in [0.5, 0.6) is 5.75 Å².